The SMILES string of the molecule is O=C(Nc1cc(C(F)F)ccn1)c1cccc(F)c1. The van der Waals surface area contributed by atoms with Crippen LogP contribution in [0.1, 0.15) is 22.3 Å². The van der Waals surface area contributed by atoms with Crippen molar-refractivity contribution in [1.29, 1.82) is 0 Å². The Bertz CT molecular complexity index is 602. The fourth-order valence-corrected chi connectivity index (χ4v) is 1.47. The van der Waals surface area contributed by atoms with Crippen molar-refractivity contribution in [3.63, 3.8) is 0 Å². The van der Waals surface area contributed by atoms with Crippen molar-refractivity contribution in [2.75, 3.05) is 5.32 Å². The van der Waals surface area contributed by atoms with E-state index < -0.39 is 18.1 Å². The van der Waals surface area contributed by atoms with Crippen molar-refractivity contribution in [1.82, 2.24) is 4.98 Å². The molecule has 0 aliphatic rings. The van der Waals surface area contributed by atoms with Crippen LogP contribution in [-0.4, -0.2) is 10.9 Å². The van der Waals surface area contributed by atoms with Crippen molar-refractivity contribution in [2.24, 2.45) is 0 Å². The highest BCUT2D eigenvalue weighted by Crippen LogP contribution is 2.20. The van der Waals surface area contributed by atoms with Crippen molar-refractivity contribution < 1.29 is 18.0 Å². The molecule has 2 aromatic rings. The summed E-state index contributed by atoms with van der Waals surface area (Å²) in [5.74, 6) is -1.17. The highest BCUT2D eigenvalue weighted by molar-refractivity contribution is 6.03. The topological polar surface area (TPSA) is 42.0 Å². The Hall–Kier alpha value is -2.37. The predicted octanol–water partition coefficient (Wildman–Crippen LogP) is 3.41. The number of hydrogen-bond acceptors (Lipinski definition) is 2. The highest BCUT2D eigenvalue weighted by atomic mass is 19.3. The van der Waals surface area contributed by atoms with Gasteiger partial charge in [-0.1, -0.05) is 6.07 Å². The molecule has 2 rings (SSSR count). The van der Waals surface area contributed by atoms with Gasteiger partial charge in [0.2, 0.25) is 0 Å². The standard InChI is InChI=1S/C13H9F3N2O/c14-10-3-1-2-9(6-10)13(19)18-11-7-8(12(15)16)4-5-17-11/h1-7,12H,(H,17,18,19). The lowest BCUT2D eigenvalue weighted by Gasteiger charge is -2.06. The molecule has 1 N–H and O–H groups in total. The Morgan fingerprint density at radius 2 is 2.00 bits per heavy atom. The number of amides is 1. The summed E-state index contributed by atoms with van der Waals surface area (Å²) < 4.78 is 37.9. The van der Waals surface area contributed by atoms with Crippen LogP contribution in [0.2, 0.25) is 0 Å². The van der Waals surface area contributed by atoms with E-state index in [0.717, 1.165) is 18.2 Å². The first-order valence-electron chi connectivity index (χ1n) is 5.37. The van der Waals surface area contributed by atoms with Crippen LogP contribution in [0.3, 0.4) is 0 Å². The maximum Gasteiger partial charge on any atom is 0.264 e. The van der Waals surface area contributed by atoms with E-state index >= 15 is 0 Å². The molecule has 1 amide bonds. The molecule has 0 aliphatic heterocycles. The molecule has 1 aromatic carbocycles. The number of anilines is 1. The largest absolute Gasteiger partial charge is 0.307 e. The summed E-state index contributed by atoms with van der Waals surface area (Å²) in [4.78, 5) is 15.5. The number of aromatic nitrogens is 1. The van der Waals surface area contributed by atoms with Gasteiger partial charge < -0.3 is 5.32 Å². The summed E-state index contributed by atoms with van der Waals surface area (Å²) in [5, 5.41) is 2.33. The van der Waals surface area contributed by atoms with Crippen molar-refractivity contribution in [3.05, 3.63) is 59.5 Å². The molecular formula is C13H9F3N2O. The molecule has 0 aliphatic carbocycles. The second-order valence-electron chi connectivity index (χ2n) is 3.74. The van der Waals surface area contributed by atoms with Gasteiger partial charge in [0, 0.05) is 17.3 Å². The third-order valence-corrected chi connectivity index (χ3v) is 2.36. The van der Waals surface area contributed by atoms with Crippen LogP contribution in [-0.2, 0) is 0 Å². The molecule has 0 atom stereocenters. The molecule has 0 spiro atoms. The average molecular weight is 266 g/mol. The number of alkyl halides is 2. The first kappa shape index (κ1) is 13.1. The number of halogens is 3. The van der Waals surface area contributed by atoms with E-state index in [1.807, 2.05) is 0 Å². The summed E-state index contributed by atoms with van der Waals surface area (Å²) >= 11 is 0. The van der Waals surface area contributed by atoms with Gasteiger partial charge in [-0.15, -0.1) is 0 Å². The number of carbonyl (C=O) groups excluding carboxylic acids is 1. The summed E-state index contributed by atoms with van der Waals surface area (Å²) in [6.45, 7) is 0. The molecule has 0 saturated heterocycles. The van der Waals surface area contributed by atoms with Crippen molar-refractivity contribution in [2.45, 2.75) is 6.43 Å². The molecule has 1 aromatic heterocycles. The summed E-state index contributed by atoms with van der Waals surface area (Å²) in [6, 6.07) is 7.27. The Balaban J connectivity index is 2.17. The number of benzene rings is 1. The molecule has 6 heteroatoms. The lowest BCUT2D eigenvalue weighted by Crippen LogP contribution is -2.13. The first-order chi connectivity index (χ1) is 9.06. The number of hydrogen-bond donors (Lipinski definition) is 1. The Morgan fingerprint density at radius 3 is 2.68 bits per heavy atom. The van der Waals surface area contributed by atoms with Crippen LogP contribution < -0.4 is 5.32 Å². The van der Waals surface area contributed by atoms with E-state index in [1.165, 1.54) is 24.4 Å². The third-order valence-electron chi connectivity index (χ3n) is 2.36. The summed E-state index contributed by atoms with van der Waals surface area (Å²) in [5.41, 5.74) is -0.159. The summed E-state index contributed by atoms with van der Waals surface area (Å²) in [7, 11) is 0. The molecule has 3 nitrogen and oxygen atoms in total. The highest BCUT2D eigenvalue weighted by Gasteiger charge is 2.11. The van der Waals surface area contributed by atoms with Crippen LogP contribution in [0.5, 0.6) is 0 Å². The van der Waals surface area contributed by atoms with E-state index in [1.54, 1.807) is 0 Å². The Morgan fingerprint density at radius 1 is 1.21 bits per heavy atom. The molecule has 0 fully saturated rings. The van der Waals surface area contributed by atoms with E-state index in [4.69, 9.17) is 0 Å². The lowest BCUT2D eigenvalue weighted by molar-refractivity contribution is 0.102. The Kier molecular flexibility index (Phi) is 3.79. The zero-order valence-corrected chi connectivity index (χ0v) is 9.61. The van der Waals surface area contributed by atoms with Crippen LogP contribution in [0.4, 0.5) is 19.0 Å². The fourth-order valence-electron chi connectivity index (χ4n) is 1.47. The van der Waals surface area contributed by atoms with Gasteiger partial charge in [-0.2, -0.15) is 0 Å². The average Bonchev–Trinajstić information content (AvgIpc) is 2.39. The smallest absolute Gasteiger partial charge is 0.264 e. The minimum atomic E-state index is -2.65. The van der Waals surface area contributed by atoms with E-state index in [0.29, 0.717) is 0 Å². The lowest BCUT2D eigenvalue weighted by atomic mass is 10.2. The maximum atomic E-state index is 12.9. The molecule has 98 valence electrons. The molecular weight excluding hydrogens is 257 g/mol. The van der Waals surface area contributed by atoms with Gasteiger partial charge in [-0.3, -0.25) is 4.79 Å². The molecule has 0 unspecified atom stereocenters. The van der Waals surface area contributed by atoms with Gasteiger partial charge in [0.25, 0.3) is 12.3 Å². The monoisotopic (exact) mass is 266 g/mol. The van der Waals surface area contributed by atoms with E-state index in [9.17, 15) is 18.0 Å². The minimum absolute atomic E-state index is 0.00735. The van der Waals surface area contributed by atoms with Crippen LogP contribution in [0.15, 0.2) is 42.6 Å². The van der Waals surface area contributed by atoms with Gasteiger partial charge in [0.15, 0.2) is 0 Å². The van der Waals surface area contributed by atoms with Crippen LogP contribution in [0, 0.1) is 5.82 Å². The fraction of sp³-hybridized carbons (Fsp3) is 0.0769. The second kappa shape index (κ2) is 5.51. The maximum absolute atomic E-state index is 12.9. The van der Waals surface area contributed by atoms with Crippen LogP contribution >= 0.6 is 0 Å². The molecule has 0 saturated carbocycles. The van der Waals surface area contributed by atoms with Gasteiger partial charge in [0.1, 0.15) is 11.6 Å². The summed E-state index contributed by atoms with van der Waals surface area (Å²) in [6.07, 6.45) is -1.48. The first-order valence-corrected chi connectivity index (χ1v) is 5.37. The molecule has 0 bridgehead atoms. The number of nitrogens with zero attached hydrogens (tertiary/aromatic N) is 1. The van der Waals surface area contributed by atoms with Gasteiger partial charge in [-0.25, -0.2) is 18.2 Å². The van der Waals surface area contributed by atoms with E-state index in [-0.39, 0.29) is 16.9 Å². The zero-order chi connectivity index (χ0) is 13.8. The third kappa shape index (κ3) is 3.31. The second-order valence-corrected chi connectivity index (χ2v) is 3.74. The van der Waals surface area contributed by atoms with Crippen LogP contribution in [0.25, 0.3) is 0 Å². The van der Waals surface area contributed by atoms with Gasteiger partial charge in [0.05, 0.1) is 0 Å². The molecule has 19 heavy (non-hydrogen) atoms. The predicted molar refractivity (Wildman–Crippen MR) is 63.5 cm³/mol. The number of pyridine rings is 1. The van der Waals surface area contributed by atoms with Crippen molar-refractivity contribution in [3.8, 4) is 0 Å². The van der Waals surface area contributed by atoms with Crippen molar-refractivity contribution >= 4 is 11.7 Å². The number of rotatable bonds is 3. The normalized spacial score (nSPS) is 10.5. The molecule has 1 heterocycles. The van der Waals surface area contributed by atoms with E-state index in [2.05, 4.69) is 10.3 Å². The zero-order valence-electron chi connectivity index (χ0n) is 9.61. The number of carbonyl (C=O) groups is 1. The minimum Gasteiger partial charge on any atom is -0.307 e. The molecule has 0 radical (unpaired) electrons. The van der Waals surface area contributed by atoms with Gasteiger partial charge in [-0.05, 0) is 30.3 Å². The Labute approximate surface area is 107 Å². The number of nitrogens with one attached hydrogen (secondary N) is 1. The quantitative estimate of drug-likeness (QED) is 0.925. The van der Waals surface area contributed by atoms with Gasteiger partial charge >= 0.3 is 0 Å².